The third-order valence-corrected chi connectivity index (χ3v) is 3.19. The van der Waals surface area contributed by atoms with Crippen molar-refractivity contribution >= 4 is 0 Å². The van der Waals surface area contributed by atoms with Crippen molar-refractivity contribution < 1.29 is 53.4 Å². The highest BCUT2D eigenvalue weighted by molar-refractivity contribution is 5.00. The van der Waals surface area contributed by atoms with Gasteiger partial charge >= 0.3 is 18.5 Å². The summed E-state index contributed by atoms with van der Waals surface area (Å²) in [5.74, 6) is 0. The maximum absolute atomic E-state index is 12.9. The van der Waals surface area contributed by atoms with Gasteiger partial charge in [-0.15, -0.1) is 13.2 Å². The molecule has 1 atom stereocenters. The van der Waals surface area contributed by atoms with Crippen molar-refractivity contribution in [3.8, 4) is 0 Å². The highest BCUT2D eigenvalue weighted by atomic mass is 19.4. The van der Waals surface area contributed by atoms with Crippen LogP contribution in [0.3, 0.4) is 0 Å². The fourth-order valence-corrected chi connectivity index (χ4v) is 1.72. The fraction of sp³-hybridized carbons (Fsp3) is 0.692. The minimum atomic E-state index is -6.04. The minimum absolute atomic E-state index is 0.233. The molecule has 0 rings (SSSR count). The Labute approximate surface area is 136 Å². The van der Waals surface area contributed by atoms with Crippen molar-refractivity contribution in [2.24, 2.45) is 0 Å². The molecule has 0 aromatic heterocycles. The lowest BCUT2D eigenvalue weighted by Gasteiger charge is -2.38. The van der Waals surface area contributed by atoms with Crippen molar-refractivity contribution in [2.45, 2.75) is 42.6 Å². The number of alkyl halides is 10. The molecule has 25 heavy (non-hydrogen) atoms. The first-order valence-electron chi connectivity index (χ1n) is 6.40. The molecule has 0 saturated carbocycles. The van der Waals surface area contributed by atoms with Gasteiger partial charge in [-0.3, -0.25) is 0 Å². The first kappa shape index (κ1) is 23.7. The average molecular weight is 392 g/mol. The summed E-state index contributed by atoms with van der Waals surface area (Å²) in [7, 11) is 0. The summed E-state index contributed by atoms with van der Waals surface area (Å²) < 4.78 is 136. The van der Waals surface area contributed by atoms with Crippen LogP contribution in [0.1, 0.15) is 12.8 Å². The smallest absolute Gasteiger partial charge is 0.336 e. The van der Waals surface area contributed by atoms with E-state index in [0.29, 0.717) is 6.08 Å². The van der Waals surface area contributed by atoms with E-state index in [1.807, 2.05) is 0 Å². The van der Waals surface area contributed by atoms with E-state index in [4.69, 9.17) is 0 Å². The van der Waals surface area contributed by atoms with E-state index >= 15 is 0 Å². The summed E-state index contributed by atoms with van der Waals surface area (Å²) in [5.41, 5.74) is -8.52. The van der Waals surface area contributed by atoms with Crippen LogP contribution < -0.4 is 0 Å². The van der Waals surface area contributed by atoms with Crippen LogP contribution in [-0.4, -0.2) is 43.2 Å². The highest BCUT2D eigenvalue weighted by Gasteiger charge is 2.72. The third-order valence-electron chi connectivity index (χ3n) is 3.19. The summed E-state index contributed by atoms with van der Waals surface area (Å²) in [5, 5.41) is 0. The van der Waals surface area contributed by atoms with Crippen molar-refractivity contribution in [1.82, 2.24) is 0 Å². The molecule has 0 aromatic rings. The van der Waals surface area contributed by atoms with Gasteiger partial charge in [-0.05, 0) is 0 Å². The van der Waals surface area contributed by atoms with Crippen LogP contribution >= 0.6 is 0 Å². The molecule has 0 heterocycles. The van der Waals surface area contributed by atoms with Crippen LogP contribution in [0, 0.1) is 0 Å². The molecule has 0 fully saturated rings. The average Bonchev–Trinajstić information content (AvgIpc) is 2.41. The molecule has 0 spiro atoms. The first-order valence-corrected chi connectivity index (χ1v) is 6.40. The molecule has 0 aliphatic rings. The standard InChI is InChI=1S/C13H14F10O2/c1-3-5-9(7-14,11(15,16)17)24-8-25-10(6-4-2,12(18,19)20)13(21,22)23/h3-4H,1-2,5-8H2. The normalized spacial score (nSPS) is 16.4. The Bertz CT molecular complexity index is 437. The second-order valence-corrected chi connectivity index (χ2v) is 4.84. The Morgan fingerprint density at radius 3 is 1.40 bits per heavy atom. The van der Waals surface area contributed by atoms with Gasteiger partial charge in [0.2, 0.25) is 0 Å². The van der Waals surface area contributed by atoms with E-state index in [9.17, 15) is 43.9 Å². The quantitative estimate of drug-likeness (QED) is 0.303. The predicted molar refractivity (Wildman–Crippen MR) is 66.3 cm³/mol. The van der Waals surface area contributed by atoms with Gasteiger partial charge in [0, 0.05) is 12.8 Å². The number of halogens is 10. The van der Waals surface area contributed by atoms with E-state index in [0.717, 1.165) is 0 Å². The number of rotatable bonds is 9. The largest absolute Gasteiger partial charge is 0.426 e. The number of ether oxygens (including phenoxy) is 2. The van der Waals surface area contributed by atoms with E-state index in [-0.39, 0.29) is 6.08 Å². The van der Waals surface area contributed by atoms with E-state index in [1.165, 1.54) is 0 Å². The van der Waals surface area contributed by atoms with E-state index in [2.05, 4.69) is 22.6 Å². The van der Waals surface area contributed by atoms with Crippen LogP contribution in [0.15, 0.2) is 25.3 Å². The molecule has 12 heteroatoms. The second-order valence-electron chi connectivity index (χ2n) is 4.84. The molecular weight excluding hydrogens is 378 g/mol. The Hall–Kier alpha value is -1.30. The van der Waals surface area contributed by atoms with Crippen LogP contribution in [0.4, 0.5) is 43.9 Å². The summed E-state index contributed by atoms with van der Waals surface area (Å²) in [6.07, 6.45) is -19.8. The molecule has 0 amide bonds. The van der Waals surface area contributed by atoms with Crippen molar-refractivity contribution in [3.05, 3.63) is 25.3 Å². The maximum atomic E-state index is 12.9. The Balaban J connectivity index is 5.63. The lowest BCUT2D eigenvalue weighted by atomic mass is 9.98. The van der Waals surface area contributed by atoms with Crippen LogP contribution in [0.25, 0.3) is 0 Å². The molecule has 0 radical (unpaired) electrons. The van der Waals surface area contributed by atoms with E-state index in [1.54, 1.807) is 0 Å². The lowest BCUT2D eigenvalue weighted by molar-refractivity contribution is -0.404. The van der Waals surface area contributed by atoms with Crippen LogP contribution in [-0.2, 0) is 9.47 Å². The monoisotopic (exact) mass is 392 g/mol. The minimum Gasteiger partial charge on any atom is -0.336 e. The molecule has 0 saturated heterocycles. The summed E-state index contributed by atoms with van der Waals surface area (Å²) in [4.78, 5) is 0. The summed E-state index contributed by atoms with van der Waals surface area (Å²) in [6.45, 7) is 1.26. The Morgan fingerprint density at radius 2 is 1.12 bits per heavy atom. The van der Waals surface area contributed by atoms with Gasteiger partial charge in [0.1, 0.15) is 13.5 Å². The van der Waals surface area contributed by atoms with Gasteiger partial charge in [0.25, 0.3) is 5.60 Å². The molecule has 148 valence electrons. The fourth-order valence-electron chi connectivity index (χ4n) is 1.72. The zero-order chi connectivity index (χ0) is 20.2. The predicted octanol–water partition coefficient (Wildman–Crippen LogP) is 5.26. The number of hydrogen-bond acceptors (Lipinski definition) is 2. The summed E-state index contributed by atoms with van der Waals surface area (Å²) >= 11 is 0. The van der Waals surface area contributed by atoms with Gasteiger partial charge in [0.05, 0.1) is 0 Å². The maximum Gasteiger partial charge on any atom is 0.426 e. The Kier molecular flexibility index (Phi) is 7.52. The molecule has 0 N–H and O–H groups in total. The van der Waals surface area contributed by atoms with E-state index < -0.39 is 56.0 Å². The molecule has 0 bridgehead atoms. The van der Waals surface area contributed by atoms with Crippen molar-refractivity contribution in [1.29, 1.82) is 0 Å². The number of hydrogen-bond donors (Lipinski definition) is 0. The third kappa shape index (κ3) is 4.87. The van der Waals surface area contributed by atoms with Crippen molar-refractivity contribution in [3.63, 3.8) is 0 Å². The second kappa shape index (κ2) is 7.94. The molecule has 2 nitrogen and oxygen atoms in total. The summed E-state index contributed by atoms with van der Waals surface area (Å²) in [6, 6.07) is 0. The molecular formula is C13H14F10O2. The zero-order valence-electron chi connectivity index (χ0n) is 12.5. The van der Waals surface area contributed by atoms with Gasteiger partial charge < -0.3 is 9.47 Å². The van der Waals surface area contributed by atoms with Gasteiger partial charge in [0.15, 0.2) is 5.60 Å². The zero-order valence-corrected chi connectivity index (χ0v) is 12.5. The molecule has 0 aliphatic heterocycles. The molecule has 1 unspecified atom stereocenters. The topological polar surface area (TPSA) is 18.5 Å². The SMILES string of the molecule is C=CCC(CF)(OCOC(CC=C)(C(F)(F)F)C(F)(F)F)C(F)(F)F. The van der Waals surface area contributed by atoms with Crippen LogP contribution in [0.5, 0.6) is 0 Å². The first-order chi connectivity index (χ1) is 11.1. The van der Waals surface area contributed by atoms with Gasteiger partial charge in [-0.1, -0.05) is 12.2 Å². The van der Waals surface area contributed by atoms with Crippen LogP contribution in [0.2, 0.25) is 0 Å². The highest BCUT2D eigenvalue weighted by Crippen LogP contribution is 2.48. The van der Waals surface area contributed by atoms with Gasteiger partial charge in [-0.2, -0.15) is 39.5 Å². The molecule has 0 aromatic carbocycles. The molecule has 0 aliphatic carbocycles. The lowest BCUT2D eigenvalue weighted by Crippen LogP contribution is -2.59. The Morgan fingerprint density at radius 1 is 0.680 bits per heavy atom. The van der Waals surface area contributed by atoms with Crippen molar-refractivity contribution in [2.75, 3.05) is 13.5 Å². The van der Waals surface area contributed by atoms with Gasteiger partial charge in [-0.25, -0.2) is 4.39 Å².